The van der Waals surface area contributed by atoms with Crippen molar-refractivity contribution in [1.82, 2.24) is 5.32 Å². The Kier molecular flexibility index (Phi) is 5.47. The van der Waals surface area contributed by atoms with Gasteiger partial charge in [0.2, 0.25) is 0 Å². The summed E-state index contributed by atoms with van der Waals surface area (Å²) in [7, 11) is 3.03. The van der Waals surface area contributed by atoms with Gasteiger partial charge in [0.15, 0.2) is 11.5 Å². The number of rotatable bonds is 6. The molecule has 0 atom stereocenters. The third-order valence-corrected chi connectivity index (χ3v) is 4.50. The average molecular weight is 321 g/mol. The molecule has 6 heteroatoms. The molecule has 1 saturated carbocycles. The van der Waals surface area contributed by atoms with Crippen LogP contribution in [-0.2, 0) is 4.79 Å². The Morgan fingerprint density at radius 1 is 1.13 bits per heavy atom. The lowest BCUT2D eigenvalue weighted by Crippen LogP contribution is -2.44. The summed E-state index contributed by atoms with van der Waals surface area (Å²) in [4.78, 5) is 23.9. The van der Waals surface area contributed by atoms with Gasteiger partial charge in [-0.25, -0.2) is 0 Å². The molecule has 0 spiro atoms. The van der Waals surface area contributed by atoms with Gasteiger partial charge >= 0.3 is 5.97 Å². The standard InChI is InChI=1S/C17H23NO5/c1-22-13-7-6-12(10-14(13)23-2)15(19)18-11-17(16(20)21)8-4-3-5-9-17/h6-7,10H,3-5,8-9,11H2,1-2H3,(H,18,19)(H,20,21). The molecule has 1 aromatic carbocycles. The molecule has 2 N–H and O–H groups in total. The number of carbonyl (C=O) groups excluding carboxylic acids is 1. The number of ether oxygens (including phenoxy) is 2. The molecule has 23 heavy (non-hydrogen) atoms. The molecule has 2 rings (SSSR count). The molecular weight excluding hydrogens is 298 g/mol. The van der Waals surface area contributed by atoms with Crippen LogP contribution in [0.3, 0.4) is 0 Å². The fourth-order valence-corrected chi connectivity index (χ4v) is 3.02. The zero-order valence-electron chi connectivity index (χ0n) is 13.6. The van der Waals surface area contributed by atoms with Gasteiger partial charge in [-0.1, -0.05) is 19.3 Å². The van der Waals surface area contributed by atoms with E-state index in [0.29, 0.717) is 29.9 Å². The predicted molar refractivity (Wildman–Crippen MR) is 85.0 cm³/mol. The van der Waals surface area contributed by atoms with Gasteiger partial charge in [-0.15, -0.1) is 0 Å². The molecule has 126 valence electrons. The van der Waals surface area contributed by atoms with Gasteiger partial charge in [0.05, 0.1) is 19.6 Å². The van der Waals surface area contributed by atoms with Crippen LogP contribution in [0.25, 0.3) is 0 Å². The van der Waals surface area contributed by atoms with Gasteiger partial charge in [0.1, 0.15) is 0 Å². The Hall–Kier alpha value is -2.24. The normalized spacial score (nSPS) is 16.4. The van der Waals surface area contributed by atoms with Gasteiger partial charge in [0, 0.05) is 12.1 Å². The fourth-order valence-electron chi connectivity index (χ4n) is 3.02. The lowest BCUT2D eigenvalue weighted by molar-refractivity contribution is -0.150. The third-order valence-electron chi connectivity index (χ3n) is 4.50. The van der Waals surface area contributed by atoms with Crippen LogP contribution in [0.5, 0.6) is 11.5 Å². The van der Waals surface area contributed by atoms with Crippen LogP contribution in [-0.4, -0.2) is 37.7 Å². The summed E-state index contributed by atoms with van der Waals surface area (Å²) in [6, 6.07) is 4.87. The third kappa shape index (κ3) is 3.75. The van der Waals surface area contributed by atoms with E-state index in [9.17, 15) is 14.7 Å². The molecule has 6 nitrogen and oxygen atoms in total. The minimum absolute atomic E-state index is 0.148. The molecule has 0 saturated heterocycles. The molecule has 0 aliphatic heterocycles. The first-order valence-electron chi connectivity index (χ1n) is 7.76. The van der Waals surface area contributed by atoms with Crippen LogP contribution in [0, 0.1) is 5.41 Å². The van der Waals surface area contributed by atoms with E-state index in [0.717, 1.165) is 19.3 Å². The summed E-state index contributed by atoms with van der Waals surface area (Å²) in [6.07, 6.45) is 4.04. The highest BCUT2D eigenvalue weighted by Gasteiger charge is 2.39. The van der Waals surface area contributed by atoms with Gasteiger partial charge in [-0.3, -0.25) is 9.59 Å². The van der Waals surface area contributed by atoms with Crippen molar-refractivity contribution < 1.29 is 24.2 Å². The molecule has 0 heterocycles. The van der Waals surface area contributed by atoms with Crippen molar-refractivity contribution in [3.05, 3.63) is 23.8 Å². The summed E-state index contributed by atoms with van der Waals surface area (Å²) in [5.74, 6) is -0.133. The first kappa shape index (κ1) is 17.1. The van der Waals surface area contributed by atoms with E-state index in [-0.39, 0.29) is 12.5 Å². The van der Waals surface area contributed by atoms with Crippen LogP contribution in [0.2, 0.25) is 0 Å². The summed E-state index contributed by atoms with van der Waals surface area (Å²) in [5.41, 5.74) is -0.427. The molecule has 0 radical (unpaired) electrons. The fraction of sp³-hybridized carbons (Fsp3) is 0.529. The zero-order valence-corrected chi connectivity index (χ0v) is 13.6. The van der Waals surface area contributed by atoms with E-state index in [1.165, 1.54) is 14.2 Å². The molecule has 1 aliphatic rings. The van der Waals surface area contributed by atoms with Crippen molar-refractivity contribution in [3.8, 4) is 11.5 Å². The predicted octanol–water partition coefficient (Wildman–Crippen LogP) is 2.47. The molecular formula is C17H23NO5. The van der Waals surface area contributed by atoms with Crippen molar-refractivity contribution >= 4 is 11.9 Å². The summed E-state index contributed by atoms with van der Waals surface area (Å²) < 4.78 is 10.3. The number of nitrogens with one attached hydrogen (secondary N) is 1. The molecule has 1 amide bonds. The molecule has 0 unspecified atom stereocenters. The van der Waals surface area contributed by atoms with Gasteiger partial charge < -0.3 is 19.9 Å². The minimum Gasteiger partial charge on any atom is -0.493 e. The van der Waals surface area contributed by atoms with Gasteiger partial charge in [-0.05, 0) is 31.0 Å². The maximum atomic E-state index is 12.3. The SMILES string of the molecule is COc1ccc(C(=O)NCC2(C(=O)O)CCCCC2)cc1OC. The molecule has 1 aliphatic carbocycles. The number of hydrogen-bond donors (Lipinski definition) is 2. The second-order valence-electron chi connectivity index (χ2n) is 5.90. The van der Waals surface area contributed by atoms with Crippen molar-refractivity contribution in [3.63, 3.8) is 0 Å². The molecule has 0 bridgehead atoms. The van der Waals surface area contributed by atoms with Crippen LogP contribution in [0.1, 0.15) is 42.5 Å². The monoisotopic (exact) mass is 321 g/mol. The van der Waals surface area contributed by atoms with E-state index in [1.54, 1.807) is 18.2 Å². The zero-order chi connectivity index (χ0) is 16.9. The lowest BCUT2D eigenvalue weighted by Gasteiger charge is -2.33. The largest absolute Gasteiger partial charge is 0.493 e. The van der Waals surface area contributed by atoms with Crippen LogP contribution < -0.4 is 14.8 Å². The number of hydrogen-bond acceptors (Lipinski definition) is 4. The van der Waals surface area contributed by atoms with E-state index < -0.39 is 11.4 Å². The van der Waals surface area contributed by atoms with Crippen molar-refractivity contribution in [2.75, 3.05) is 20.8 Å². The van der Waals surface area contributed by atoms with Gasteiger partial charge in [0.25, 0.3) is 5.91 Å². The van der Waals surface area contributed by atoms with Crippen LogP contribution in [0.15, 0.2) is 18.2 Å². The van der Waals surface area contributed by atoms with E-state index in [4.69, 9.17) is 9.47 Å². The maximum absolute atomic E-state index is 12.3. The number of carbonyl (C=O) groups is 2. The average Bonchev–Trinajstić information content (AvgIpc) is 2.59. The Balaban J connectivity index is 2.08. The minimum atomic E-state index is -0.843. The number of benzene rings is 1. The van der Waals surface area contributed by atoms with E-state index in [1.807, 2.05) is 0 Å². The Morgan fingerprint density at radius 2 is 1.78 bits per heavy atom. The van der Waals surface area contributed by atoms with Gasteiger partial charge in [-0.2, -0.15) is 0 Å². The second kappa shape index (κ2) is 7.35. The first-order chi connectivity index (χ1) is 11.0. The van der Waals surface area contributed by atoms with E-state index >= 15 is 0 Å². The van der Waals surface area contributed by atoms with Crippen molar-refractivity contribution in [1.29, 1.82) is 0 Å². The molecule has 1 aromatic rings. The van der Waals surface area contributed by atoms with Crippen molar-refractivity contribution in [2.24, 2.45) is 5.41 Å². The van der Waals surface area contributed by atoms with Crippen LogP contribution >= 0.6 is 0 Å². The highest BCUT2D eigenvalue weighted by molar-refractivity contribution is 5.95. The number of carboxylic acid groups (broad SMARTS) is 1. The quantitative estimate of drug-likeness (QED) is 0.841. The summed E-state index contributed by atoms with van der Waals surface area (Å²) >= 11 is 0. The lowest BCUT2D eigenvalue weighted by atomic mass is 9.74. The van der Waals surface area contributed by atoms with Crippen molar-refractivity contribution in [2.45, 2.75) is 32.1 Å². The maximum Gasteiger partial charge on any atom is 0.311 e. The number of amides is 1. The molecule has 0 aromatic heterocycles. The number of methoxy groups -OCH3 is 2. The highest BCUT2D eigenvalue weighted by Crippen LogP contribution is 2.36. The summed E-state index contributed by atoms with van der Waals surface area (Å²) in [5, 5.41) is 12.3. The van der Waals surface area contributed by atoms with Crippen LogP contribution in [0.4, 0.5) is 0 Å². The smallest absolute Gasteiger partial charge is 0.311 e. The first-order valence-corrected chi connectivity index (χ1v) is 7.76. The topological polar surface area (TPSA) is 84.9 Å². The Morgan fingerprint density at radius 3 is 2.35 bits per heavy atom. The second-order valence-corrected chi connectivity index (χ2v) is 5.90. The molecule has 1 fully saturated rings. The number of carboxylic acids is 1. The number of aliphatic carboxylic acids is 1. The Labute approximate surface area is 135 Å². The summed E-state index contributed by atoms with van der Waals surface area (Å²) in [6.45, 7) is 0.148. The Bertz CT molecular complexity index is 578. The van der Waals surface area contributed by atoms with E-state index in [2.05, 4.69) is 5.32 Å². The highest BCUT2D eigenvalue weighted by atomic mass is 16.5.